The van der Waals surface area contributed by atoms with Gasteiger partial charge in [0, 0.05) is 32.7 Å². The number of rotatable bonds is 9. The summed E-state index contributed by atoms with van der Waals surface area (Å²) in [4.78, 5) is 21.6. The minimum atomic E-state index is -0.804. The Hall–Kier alpha value is -1.30. The molecular weight excluding hydrogens is 224 g/mol. The number of urea groups is 1. The molecule has 0 aromatic carbocycles. The third-order valence-electron chi connectivity index (χ3n) is 2.22. The van der Waals surface area contributed by atoms with E-state index in [0.29, 0.717) is 26.0 Å². The summed E-state index contributed by atoms with van der Waals surface area (Å²) < 4.78 is 4.85. The van der Waals surface area contributed by atoms with Crippen molar-refractivity contribution in [2.75, 3.05) is 20.3 Å². The molecule has 0 saturated carbocycles. The van der Waals surface area contributed by atoms with Gasteiger partial charge in [0.25, 0.3) is 0 Å². The number of hydrogen-bond acceptors (Lipinski definition) is 3. The van der Waals surface area contributed by atoms with Gasteiger partial charge in [-0.15, -0.1) is 0 Å². The number of hydrogen-bond donors (Lipinski definition) is 3. The maximum absolute atomic E-state index is 11.3. The molecule has 6 heteroatoms. The monoisotopic (exact) mass is 246 g/mol. The first kappa shape index (κ1) is 15.7. The molecule has 0 spiro atoms. The molecule has 17 heavy (non-hydrogen) atoms. The van der Waals surface area contributed by atoms with Crippen molar-refractivity contribution in [3.05, 3.63) is 0 Å². The molecule has 6 nitrogen and oxygen atoms in total. The zero-order valence-electron chi connectivity index (χ0n) is 10.5. The lowest BCUT2D eigenvalue weighted by atomic mass is 10.1. The minimum absolute atomic E-state index is 0.0169. The Labute approximate surface area is 102 Å². The SMILES string of the molecule is COCCCNC(=O)NC(C)CCCC(=O)O. The molecule has 100 valence electrons. The van der Waals surface area contributed by atoms with Gasteiger partial charge in [0.05, 0.1) is 0 Å². The van der Waals surface area contributed by atoms with Crippen LogP contribution in [-0.2, 0) is 9.53 Å². The van der Waals surface area contributed by atoms with Gasteiger partial charge in [-0.05, 0) is 26.2 Å². The molecule has 0 bridgehead atoms. The predicted molar refractivity (Wildman–Crippen MR) is 64.0 cm³/mol. The molecule has 0 aliphatic carbocycles. The lowest BCUT2D eigenvalue weighted by molar-refractivity contribution is -0.137. The normalized spacial score (nSPS) is 11.9. The fraction of sp³-hybridized carbons (Fsp3) is 0.818. The van der Waals surface area contributed by atoms with Gasteiger partial charge >= 0.3 is 12.0 Å². The molecular formula is C11H22N2O4. The Bertz CT molecular complexity index is 234. The molecule has 0 fully saturated rings. The first-order valence-corrected chi connectivity index (χ1v) is 5.81. The molecule has 0 aliphatic heterocycles. The third kappa shape index (κ3) is 11.0. The number of carboxylic acids is 1. The van der Waals surface area contributed by atoms with Crippen molar-refractivity contribution in [1.29, 1.82) is 0 Å². The summed E-state index contributed by atoms with van der Waals surface area (Å²) in [5.74, 6) is -0.804. The Morgan fingerprint density at radius 1 is 1.35 bits per heavy atom. The van der Waals surface area contributed by atoms with E-state index in [9.17, 15) is 9.59 Å². The molecule has 2 amide bonds. The van der Waals surface area contributed by atoms with Gasteiger partial charge < -0.3 is 20.5 Å². The van der Waals surface area contributed by atoms with Crippen LogP contribution in [0, 0.1) is 0 Å². The number of carbonyl (C=O) groups excluding carboxylic acids is 1. The van der Waals surface area contributed by atoms with E-state index in [1.54, 1.807) is 7.11 Å². The van der Waals surface area contributed by atoms with Crippen LogP contribution in [0.15, 0.2) is 0 Å². The van der Waals surface area contributed by atoms with Gasteiger partial charge in [-0.25, -0.2) is 4.79 Å². The zero-order chi connectivity index (χ0) is 13.1. The topological polar surface area (TPSA) is 87.7 Å². The van der Waals surface area contributed by atoms with Crippen LogP contribution < -0.4 is 10.6 Å². The Morgan fingerprint density at radius 2 is 2.06 bits per heavy atom. The number of aliphatic carboxylic acids is 1. The fourth-order valence-corrected chi connectivity index (χ4v) is 1.32. The number of carboxylic acid groups (broad SMARTS) is 1. The minimum Gasteiger partial charge on any atom is -0.481 e. The molecule has 0 rings (SSSR count). The molecule has 0 aliphatic rings. The van der Waals surface area contributed by atoms with E-state index >= 15 is 0 Å². The molecule has 0 radical (unpaired) electrons. The van der Waals surface area contributed by atoms with Gasteiger partial charge in [0.15, 0.2) is 0 Å². The van der Waals surface area contributed by atoms with Crippen molar-refractivity contribution in [1.82, 2.24) is 10.6 Å². The molecule has 1 atom stereocenters. The van der Waals surface area contributed by atoms with Crippen molar-refractivity contribution in [3.63, 3.8) is 0 Å². The van der Waals surface area contributed by atoms with Crippen molar-refractivity contribution >= 4 is 12.0 Å². The van der Waals surface area contributed by atoms with Crippen LogP contribution in [0.1, 0.15) is 32.6 Å². The molecule has 0 aromatic rings. The van der Waals surface area contributed by atoms with E-state index < -0.39 is 5.97 Å². The second kappa shape index (κ2) is 9.89. The van der Waals surface area contributed by atoms with Crippen LogP contribution in [0.2, 0.25) is 0 Å². The van der Waals surface area contributed by atoms with Crippen LogP contribution in [0.3, 0.4) is 0 Å². The average Bonchev–Trinajstić information content (AvgIpc) is 2.23. The quantitative estimate of drug-likeness (QED) is 0.529. The summed E-state index contributed by atoms with van der Waals surface area (Å²) in [6, 6.07) is -0.235. The standard InChI is InChI=1S/C11H22N2O4/c1-9(5-3-6-10(14)15)13-11(16)12-7-4-8-17-2/h9H,3-8H2,1-2H3,(H,14,15)(H2,12,13,16). The molecule has 0 aromatic heterocycles. The van der Waals surface area contributed by atoms with Gasteiger partial charge in [-0.3, -0.25) is 4.79 Å². The summed E-state index contributed by atoms with van der Waals surface area (Å²) >= 11 is 0. The smallest absolute Gasteiger partial charge is 0.314 e. The van der Waals surface area contributed by atoms with Crippen LogP contribution in [0.25, 0.3) is 0 Å². The van der Waals surface area contributed by atoms with Crippen LogP contribution in [0.5, 0.6) is 0 Å². The summed E-state index contributed by atoms with van der Waals surface area (Å²) in [6.07, 6.45) is 2.15. The average molecular weight is 246 g/mol. The molecule has 3 N–H and O–H groups in total. The molecule has 1 unspecified atom stereocenters. The van der Waals surface area contributed by atoms with E-state index in [2.05, 4.69) is 10.6 Å². The first-order chi connectivity index (χ1) is 8.06. The summed E-state index contributed by atoms with van der Waals surface area (Å²) in [5, 5.41) is 13.9. The summed E-state index contributed by atoms with van der Waals surface area (Å²) in [5.41, 5.74) is 0. The predicted octanol–water partition coefficient (Wildman–Crippen LogP) is 0.965. The Kier molecular flexibility index (Phi) is 9.14. The highest BCUT2D eigenvalue weighted by atomic mass is 16.5. The second-order valence-electron chi connectivity index (χ2n) is 3.93. The third-order valence-corrected chi connectivity index (χ3v) is 2.22. The number of ether oxygens (including phenoxy) is 1. The van der Waals surface area contributed by atoms with E-state index in [-0.39, 0.29) is 18.5 Å². The zero-order valence-corrected chi connectivity index (χ0v) is 10.5. The van der Waals surface area contributed by atoms with Crippen LogP contribution >= 0.6 is 0 Å². The largest absolute Gasteiger partial charge is 0.481 e. The Morgan fingerprint density at radius 3 is 2.65 bits per heavy atom. The lowest BCUT2D eigenvalue weighted by Crippen LogP contribution is -2.41. The van der Waals surface area contributed by atoms with Crippen molar-refractivity contribution in [3.8, 4) is 0 Å². The Balaban J connectivity index is 3.48. The fourth-order valence-electron chi connectivity index (χ4n) is 1.32. The number of amides is 2. The van der Waals surface area contributed by atoms with E-state index in [4.69, 9.17) is 9.84 Å². The maximum atomic E-state index is 11.3. The highest BCUT2D eigenvalue weighted by Crippen LogP contribution is 2.00. The number of carbonyl (C=O) groups is 2. The van der Waals surface area contributed by atoms with Crippen LogP contribution in [-0.4, -0.2) is 43.4 Å². The maximum Gasteiger partial charge on any atom is 0.314 e. The first-order valence-electron chi connectivity index (χ1n) is 5.81. The van der Waals surface area contributed by atoms with Crippen molar-refractivity contribution in [2.24, 2.45) is 0 Å². The van der Waals surface area contributed by atoms with Gasteiger partial charge in [0.2, 0.25) is 0 Å². The lowest BCUT2D eigenvalue weighted by Gasteiger charge is -2.14. The van der Waals surface area contributed by atoms with Crippen LogP contribution in [0.4, 0.5) is 4.79 Å². The van der Waals surface area contributed by atoms with E-state index in [1.165, 1.54) is 0 Å². The summed E-state index contributed by atoms with van der Waals surface area (Å²) in [7, 11) is 1.62. The van der Waals surface area contributed by atoms with Crippen molar-refractivity contribution in [2.45, 2.75) is 38.6 Å². The van der Waals surface area contributed by atoms with E-state index in [1.807, 2.05) is 6.92 Å². The number of methoxy groups -OCH3 is 1. The van der Waals surface area contributed by atoms with Crippen molar-refractivity contribution < 1.29 is 19.4 Å². The number of nitrogens with one attached hydrogen (secondary N) is 2. The van der Waals surface area contributed by atoms with Gasteiger partial charge in [0.1, 0.15) is 0 Å². The van der Waals surface area contributed by atoms with E-state index in [0.717, 1.165) is 6.42 Å². The molecule has 0 heterocycles. The highest BCUT2D eigenvalue weighted by molar-refractivity contribution is 5.74. The highest BCUT2D eigenvalue weighted by Gasteiger charge is 2.07. The second-order valence-corrected chi connectivity index (χ2v) is 3.93. The van der Waals surface area contributed by atoms with Gasteiger partial charge in [-0.1, -0.05) is 0 Å². The molecule has 0 saturated heterocycles. The summed E-state index contributed by atoms with van der Waals surface area (Å²) in [6.45, 7) is 3.05. The van der Waals surface area contributed by atoms with Gasteiger partial charge in [-0.2, -0.15) is 0 Å².